The third kappa shape index (κ3) is 9.36. The van der Waals surface area contributed by atoms with Gasteiger partial charge < -0.3 is 25.5 Å². The number of halogens is 2. The summed E-state index contributed by atoms with van der Waals surface area (Å²) in [5, 5.41) is 12.8. The average Bonchev–Trinajstić information content (AvgIpc) is 2.91. The first kappa shape index (κ1) is 29.5. The minimum absolute atomic E-state index is 0.0138. The lowest BCUT2D eigenvalue weighted by Gasteiger charge is -2.10. The van der Waals surface area contributed by atoms with Gasteiger partial charge in [-0.15, -0.1) is 0 Å². The largest absolute Gasteiger partial charge is 0.493 e. The summed E-state index contributed by atoms with van der Waals surface area (Å²) in [6.07, 6.45) is 2.24. The number of benzene rings is 3. The fourth-order valence-electron chi connectivity index (χ4n) is 2.96. The highest BCUT2D eigenvalue weighted by Crippen LogP contribution is 2.29. The quantitative estimate of drug-likeness (QED) is 0.136. The smallest absolute Gasteiger partial charge is 0.345 e. The number of nitrogens with one attached hydrogen (secondary N) is 3. The SMILES string of the molecule is CNC(=O)CCCNC(=O)c1ccccc1Br.COc1cc(C=N)ccc1OC(=O)c1ccccc1Cl. The molecule has 37 heavy (non-hydrogen) atoms. The molecule has 8 nitrogen and oxygen atoms in total. The second kappa shape index (κ2) is 15.4. The van der Waals surface area contributed by atoms with E-state index in [1.165, 1.54) is 13.3 Å². The molecule has 10 heteroatoms. The second-order valence-electron chi connectivity index (χ2n) is 7.44. The first-order chi connectivity index (χ1) is 17.8. The molecule has 3 N–H and O–H groups in total. The molecule has 3 rings (SSSR count). The minimum Gasteiger partial charge on any atom is -0.493 e. The predicted octanol–water partition coefficient (Wildman–Crippen LogP) is 5.27. The normalized spacial score (nSPS) is 9.84. The molecule has 194 valence electrons. The highest BCUT2D eigenvalue weighted by molar-refractivity contribution is 9.10. The Hall–Kier alpha value is -3.69. The predicted molar refractivity (Wildman–Crippen MR) is 147 cm³/mol. The van der Waals surface area contributed by atoms with Gasteiger partial charge in [-0.25, -0.2) is 4.79 Å². The first-order valence-corrected chi connectivity index (χ1v) is 12.4. The van der Waals surface area contributed by atoms with Gasteiger partial charge in [0.05, 0.1) is 23.3 Å². The highest BCUT2D eigenvalue weighted by Gasteiger charge is 2.15. The summed E-state index contributed by atoms with van der Waals surface area (Å²) < 4.78 is 11.2. The van der Waals surface area contributed by atoms with Crippen LogP contribution in [0.3, 0.4) is 0 Å². The van der Waals surface area contributed by atoms with Gasteiger partial charge in [0.2, 0.25) is 5.91 Å². The Kier molecular flexibility index (Phi) is 12.3. The van der Waals surface area contributed by atoms with Crippen molar-refractivity contribution in [3.05, 3.63) is 92.9 Å². The van der Waals surface area contributed by atoms with E-state index < -0.39 is 5.97 Å². The zero-order chi connectivity index (χ0) is 27.2. The molecule has 0 aliphatic carbocycles. The van der Waals surface area contributed by atoms with Gasteiger partial charge >= 0.3 is 5.97 Å². The van der Waals surface area contributed by atoms with Crippen LogP contribution < -0.4 is 20.1 Å². The van der Waals surface area contributed by atoms with Crippen LogP contribution >= 0.6 is 27.5 Å². The van der Waals surface area contributed by atoms with E-state index in [4.69, 9.17) is 26.5 Å². The third-order valence-electron chi connectivity index (χ3n) is 4.91. The zero-order valence-corrected chi connectivity index (χ0v) is 22.7. The summed E-state index contributed by atoms with van der Waals surface area (Å²) >= 11 is 9.26. The molecular weight excluding hydrogens is 562 g/mol. The van der Waals surface area contributed by atoms with Crippen molar-refractivity contribution in [2.45, 2.75) is 12.8 Å². The highest BCUT2D eigenvalue weighted by atomic mass is 79.9. The van der Waals surface area contributed by atoms with E-state index >= 15 is 0 Å². The van der Waals surface area contributed by atoms with Crippen molar-refractivity contribution in [1.29, 1.82) is 5.41 Å². The molecule has 0 heterocycles. The summed E-state index contributed by atoms with van der Waals surface area (Å²) in [6.45, 7) is 0.494. The van der Waals surface area contributed by atoms with Crippen molar-refractivity contribution >= 4 is 51.5 Å². The average molecular weight is 589 g/mol. The van der Waals surface area contributed by atoms with Crippen molar-refractivity contribution in [2.75, 3.05) is 20.7 Å². The Morgan fingerprint density at radius 2 is 1.68 bits per heavy atom. The van der Waals surface area contributed by atoms with Crippen LogP contribution in [0.1, 0.15) is 39.1 Å². The zero-order valence-electron chi connectivity index (χ0n) is 20.3. The number of hydrogen-bond donors (Lipinski definition) is 3. The fraction of sp³-hybridized carbons (Fsp3) is 0.185. The monoisotopic (exact) mass is 587 g/mol. The minimum atomic E-state index is -0.559. The van der Waals surface area contributed by atoms with E-state index in [1.54, 1.807) is 55.6 Å². The summed E-state index contributed by atoms with van der Waals surface area (Å²) in [4.78, 5) is 34.7. The molecular formula is C27H27BrClN3O5. The van der Waals surface area contributed by atoms with Crippen LogP contribution in [0.5, 0.6) is 11.5 Å². The fourth-order valence-corrected chi connectivity index (χ4v) is 3.63. The first-order valence-electron chi connectivity index (χ1n) is 11.2. The second-order valence-corrected chi connectivity index (χ2v) is 8.70. The molecule has 0 unspecified atom stereocenters. The third-order valence-corrected chi connectivity index (χ3v) is 5.94. The van der Waals surface area contributed by atoms with Gasteiger partial charge in [0.1, 0.15) is 0 Å². The molecule has 0 saturated carbocycles. The van der Waals surface area contributed by atoms with E-state index in [-0.39, 0.29) is 23.1 Å². The van der Waals surface area contributed by atoms with Gasteiger partial charge in [-0.3, -0.25) is 9.59 Å². The van der Waals surface area contributed by atoms with Crippen molar-refractivity contribution in [1.82, 2.24) is 10.6 Å². The summed E-state index contributed by atoms with van der Waals surface area (Å²) in [5.41, 5.74) is 1.54. The van der Waals surface area contributed by atoms with Gasteiger partial charge in [0, 0.05) is 30.7 Å². The van der Waals surface area contributed by atoms with Crippen LogP contribution in [-0.2, 0) is 4.79 Å². The summed E-state index contributed by atoms with van der Waals surface area (Å²) in [7, 11) is 3.07. The standard InChI is InChI=1S/C15H12ClNO3.C12H15BrN2O2/c1-19-14-8-10(9-17)6-7-13(14)20-15(18)11-4-2-3-5-12(11)16;1-14-11(16)7-4-8-15-12(17)9-5-2-3-6-10(9)13/h2-9,17H,1H3;2-3,5-6H,4,7-8H2,1H3,(H,14,16)(H,15,17). The maximum Gasteiger partial charge on any atom is 0.345 e. The molecule has 0 atom stereocenters. The Labute approximate surface area is 229 Å². The Bertz CT molecular complexity index is 1250. The van der Waals surface area contributed by atoms with Crippen LogP contribution in [0, 0.1) is 5.41 Å². The number of rotatable bonds is 9. The number of hydrogen-bond acceptors (Lipinski definition) is 6. The Morgan fingerprint density at radius 3 is 2.30 bits per heavy atom. The van der Waals surface area contributed by atoms with Crippen LogP contribution in [0.2, 0.25) is 5.02 Å². The van der Waals surface area contributed by atoms with E-state index in [1.807, 2.05) is 18.2 Å². The molecule has 0 saturated heterocycles. The summed E-state index contributed by atoms with van der Waals surface area (Å²) in [5.74, 6) is -0.0413. The van der Waals surface area contributed by atoms with Crippen molar-refractivity contribution in [3.8, 4) is 11.5 Å². The van der Waals surface area contributed by atoms with Gasteiger partial charge in [0.15, 0.2) is 11.5 Å². The Balaban J connectivity index is 0.000000264. The van der Waals surface area contributed by atoms with E-state index in [0.29, 0.717) is 41.3 Å². The number of ether oxygens (including phenoxy) is 2. The Morgan fingerprint density at radius 1 is 1.00 bits per heavy atom. The van der Waals surface area contributed by atoms with E-state index in [2.05, 4.69) is 26.6 Å². The van der Waals surface area contributed by atoms with Gasteiger partial charge in [-0.1, -0.05) is 35.9 Å². The lowest BCUT2D eigenvalue weighted by molar-refractivity contribution is -0.120. The van der Waals surface area contributed by atoms with Crippen LogP contribution in [0.4, 0.5) is 0 Å². The van der Waals surface area contributed by atoms with Crippen LogP contribution in [0.25, 0.3) is 0 Å². The lowest BCUT2D eigenvalue weighted by Crippen LogP contribution is -2.26. The molecule has 0 fully saturated rings. The van der Waals surface area contributed by atoms with Crippen LogP contribution in [-0.4, -0.2) is 44.7 Å². The van der Waals surface area contributed by atoms with E-state index in [9.17, 15) is 14.4 Å². The maximum absolute atomic E-state index is 12.1. The molecule has 0 aliphatic rings. The van der Waals surface area contributed by atoms with Crippen LogP contribution in [0.15, 0.2) is 71.2 Å². The van der Waals surface area contributed by atoms with E-state index in [0.717, 1.165) is 4.47 Å². The maximum atomic E-state index is 12.1. The molecule has 0 spiro atoms. The molecule has 0 bridgehead atoms. The van der Waals surface area contributed by atoms with Gasteiger partial charge in [0.25, 0.3) is 5.91 Å². The number of amides is 2. The lowest BCUT2D eigenvalue weighted by atomic mass is 10.2. The van der Waals surface area contributed by atoms with Crippen molar-refractivity contribution in [2.24, 2.45) is 0 Å². The molecule has 0 aliphatic heterocycles. The molecule has 0 radical (unpaired) electrons. The molecule has 3 aromatic carbocycles. The summed E-state index contributed by atoms with van der Waals surface area (Å²) in [6, 6.07) is 18.7. The number of methoxy groups -OCH3 is 1. The molecule has 3 aromatic rings. The number of carbonyl (C=O) groups excluding carboxylic acids is 3. The van der Waals surface area contributed by atoms with Gasteiger partial charge in [-0.2, -0.15) is 0 Å². The molecule has 2 amide bonds. The molecule has 0 aromatic heterocycles. The van der Waals surface area contributed by atoms with Gasteiger partial charge in [-0.05, 0) is 70.4 Å². The number of esters is 1. The van der Waals surface area contributed by atoms with Crippen molar-refractivity contribution in [3.63, 3.8) is 0 Å². The number of carbonyl (C=O) groups is 3. The topological polar surface area (TPSA) is 118 Å². The van der Waals surface area contributed by atoms with Crippen molar-refractivity contribution < 1.29 is 23.9 Å².